The average Bonchev–Trinajstić information content (AvgIpc) is 2.00. The Morgan fingerprint density at radius 3 is 2.33 bits per heavy atom. The predicted octanol–water partition coefficient (Wildman–Crippen LogP) is -0.449. The molecule has 15 heavy (non-hydrogen) atoms. The molecule has 0 saturated heterocycles. The lowest BCUT2D eigenvalue weighted by molar-refractivity contribution is -0.162. The van der Waals surface area contributed by atoms with Crippen molar-refractivity contribution in [2.75, 3.05) is 5.75 Å². The normalized spacial score (nSPS) is 14.1. The average molecular weight is 235 g/mol. The summed E-state index contributed by atoms with van der Waals surface area (Å²) in [6.07, 6.45) is -0.487. The van der Waals surface area contributed by atoms with Crippen molar-refractivity contribution in [1.29, 1.82) is 0 Å². The molecule has 0 N–H and O–H groups in total. The first-order valence-corrected chi connectivity index (χ1v) is 5.37. The number of ketones is 1. The minimum absolute atomic E-state index is 0.411. The van der Waals surface area contributed by atoms with Crippen molar-refractivity contribution in [3.63, 3.8) is 0 Å². The van der Waals surface area contributed by atoms with Crippen molar-refractivity contribution in [2.45, 2.75) is 20.3 Å². The van der Waals surface area contributed by atoms with Crippen LogP contribution in [0.3, 0.4) is 0 Å². The summed E-state index contributed by atoms with van der Waals surface area (Å²) in [5.41, 5.74) is 0. The van der Waals surface area contributed by atoms with Crippen LogP contribution in [0.5, 0.6) is 0 Å². The molecule has 0 fully saturated rings. The van der Waals surface area contributed by atoms with E-state index >= 15 is 0 Å². The molecule has 0 aromatic rings. The van der Waals surface area contributed by atoms with E-state index in [9.17, 15) is 23.1 Å². The monoisotopic (exact) mass is 235 g/mol. The van der Waals surface area contributed by atoms with Gasteiger partial charge in [0.2, 0.25) is 0 Å². The Hall–Kier alpha value is -1.08. The van der Waals surface area contributed by atoms with E-state index in [1.807, 2.05) is 0 Å². The quantitative estimate of drug-likeness (QED) is 0.363. The van der Waals surface area contributed by atoms with Crippen molar-refractivity contribution in [1.82, 2.24) is 0 Å². The zero-order valence-electron chi connectivity index (χ0n) is 8.35. The smallest absolute Gasteiger partial charge is 0.320 e. The highest BCUT2D eigenvalue weighted by Gasteiger charge is 2.19. The maximum atomic E-state index is 11.0. The second kappa shape index (κ2) is 6.41. The van der Waals surface area contributed by atoms with Gasteiger partial charge in [0.25, 0.3) is 0 Å². The van der Waals surface area contributed by atoms with Gasteiger partial charge < -0.3 is 9.29 Å². The van der Waals surface area contributed by atoms with E-state index in [2.05, 4.69) is 4.74 Å². The Morgan fingerprint density at radius 2 is 1.93 bits per heavy atom. The van der Waals surface area contributed by atoms with Crippen molar-refractivity contribution in [3.8, 4) is 0 Å². The molecule has 0 aromatic heterocycles. The Morgan fingerprint density at radius 1 is 1.40 bits per heavy atom. The van der Waals surface area contributed by atoms with E-state index in [0.29, 0.717) is 0 Å². The number of Topliss-reactive ketones (excluding diaryl/α,β-unsaturated/α-hetero) is 1. The predicted molar refractivity (Wildman–Crippen MR) is 49.3 cm³/mol. The van der Waals surface area contributed by atoms with Gasteiger partial charge in [0.1, 0.15) is 12.2 Å². The fourth-order valence-corrected chi connectivity index (χ4v) is 1.27. The van der Waals surface area contributed by atoms with E-state index in [1.165, 1.54) is 13.8 Å². The molecule has 0 rings (SSSR count). The third-order valence-electron chi connectivity index (χ3n) is 1.40. The summed E-state index contributed by atoms with van der Waals surface area (Å²) in [7, 11) is 0. The minimum Gasteiger partial charge on any atom is -0.772 e. The number of esters is 2. The Kier molecular flexibility index (Phi) is 5.95. The van der Waals surface area contributed by atoms with Crippen LogP contribution in [0.15, 0.2) is 0 Å². The highest BCUT2D eigenvalue weighted by molar-refractivity contribution is 7.79. The summed E-state index contributed by atoms with van der Waals surface area (Å²) in [6, 6.07) is 0. The van der Waals surface area contributed by atoms with Gasteiger partial charge in [-0.1, -0.05) is 18.0 Å². The molecule has 6 nitrogen and oxygen atoms in total. The number of hydrogen-bond acceptors (Lipinski definition) is 6. The van der Waals surface area contributed by atoms with E-state index in [4.69, 9.17) is 0 Å². The van der Waals surface area contributed by atoms with E-state index in [1.54, 1.807) is 0 Å². The Balaban J connectivity index is 4.07. The van der Waals surface area contributed by atoms with Crippen molar-refractivity contribution in [3.05, 3.63) is 0 Å². The number of hydrogen-bond donors (Lipinski definition) is 0. The molecular weight excluding hydrogens is 224 g/mol. The van der Waals surface area contributed by atoms with Gasteiger partial charge in [-0.05, 0) is 6.92 Å². The maximum Gasteiger partial charge on any atom is 0.320 e. The Bertz CT molecular complexity index is 298. The first kappa shape index (κ1) is 13.9. The van der Waals surface area contributed by atoms with Gasteiger partial charge in [0.05, 0.1) is 5.92 Å². The fraction of sp³-hybridized carbons (Fsp3) is 0.625. The summed E-state index contributed by atoms with van der Waals surface area (Å²) in [5, 5.41) is 0. The second-order valence-corrected chi connectivity index (χ2v) is 3.98. The molecule has 0 saturated carbocycles. The molecular formula is C8H11O6S-. The van der Waals surface area contributed by atoms with Crippen LogP contribution in [-0.2, 0) is 30.2 Å². The zero-order valence-corrected chi connectivity index (χ0v) is 9.17. The molecule has 0 heterocycles. The second-order valence-electron chi connectivity index (χ2n) is 3.04. The first-order chi connectivity index (χ1) is 6.82. The molecule has 0 aliphatic rings. The number of carbonyl (C=O) groups is 3. The molecule has 2 unspecified atom stereocenters. The van der Waals surface area contributed by atoms with Crippen LogP contribution in [0.1, 0.15) is 20.3 Å². The van der Waals surface area contributed by atoms with Gasteiger partial charge in [-0.25, -0.2) is 0 Å². The largest absolute Gasteiger partial charge is 0.772 e. The molecule has 0 radical (unpaired) electrons. The molecule has 0 aliphatic heterocycles. The number of carbonyl (C=O) groups excluding carboxylic acids is 3. The van der Waals surface area contributed by atoms with Crippen molar-refractivity contribution < 1.29 is 27.9 Å². The molecule has 2 atom stereocenters. The summed E-state index contributed by atoms with van der Waals surface area (Å²) in [5.74, 6) is -3.65. The van der Waals surface area contributed by atoms with Gasteiger partial charge in [0.15, 0.2) is 0 Å². The molecule has 7 heteroatoms. The molecule has 86 valence electrons. The van der Waals surface area contributed by atoms with Gasteiger partial charge in [-0.15, -0.1) is 0 Å². The van der Waals surface area contributed by atoms with Gasteiger partial charge >= 0.3 is 11.9 Å². The number of rotatable bonds is 5. The van der Waals surface area contributed by atoms with E-state index < -0.39 is 46.9 Å². The lowest BCUT2D eigenvalue weighted by Crippen LogP contribution is -2.24. The van der Waals surface area contributed by atoms with Crippen LogP contribution in [-0.4, -0.2) is 32.2 Å². The summed E-state index contributed by atoms with van der Waals surface area (Å²) < 4.78 is 24.7. The number of ether oxygens (including phenoxy) is 1. The van der Waals surface area contributed by atoms with Crippen LogP contribution in [0.4, 0.5) is 0 Å². The van der Waals surface area contributed by atoms with Crippen LogP contribution in [0.25, 0.3) is 0 Å². The molecule has 0 aliphatic carbocycles. The molecule has 0 spiro atoms. The summed E-state index contributed by atoms with van der Waals surface area (Å²) in [6.45, 7) is 2.50. The maximum absolute atomic E-state index is 11.0. The van der Waals surface area contributed by atoms with Gasteiger partial charge in [0, 0.05) is 5.75 Å². The lowest BCUT2D eigenvalue weighted by Gasteiger charge is -2.11. The lowest BCUT2D eigenvalue weighted by atomic mass is 10.2. The minimum atomic E-state index is -2.37. The molecule has 0 bridgehead atoms. The summed E-state index contributed by atoms with van der Waals surface area (Å²) in [4.78, 5) is 32.4. The van der Waals surface area contributed by atoms with Crippen molar-refractivity contribution in [2.24, 2.45) is 5.92 Å². The first-order valence-electron chi connectivity index (χ1n) is 4.12. The topological polar surface area (TPSA) is 101 Å². The van der Waals surface area contributed by atoms with Gasteiger partial charge in [-0.2, -0.15) is 0 Å². The fourth-order valence-electron chi connectivity index (χ4n) is 0.724. The van der Waals surface area contributed by atoms with Crippen LogP contribution < -0.4 is 0 Å². The third kappa shape index (κ3) is 6.92. The zero-order chi connectivity index (χ0) is 12.0. The highest BCUT2D eigenvalue weighted by atomic mass is 32.2. The molecule has 0 aromatic carbocycles. The standard InChI is InChI=1S/C8H12O6S/c1-5(4-15(12)13)8(11)14-7(10)3-6(2)9/h5H,3-4H2,1-2H3,(H,12,13)/p-1. The van der Waals surface area contributed by atoms with Crippen LogP contribution >= 0.6 is 0 Å². The third-order valence-corrected chi connectivity index (χ3v) is 2.17. The van der Waals surface area contributed by atoms with E-state index in [0.717, 1.165) is 0 Å². The van der Waals surface area contributed by atoms with Crippen LogP contribution in [0.2, 0.25) is 0 Å². The van der Waals surface area contributed by atoms with Crippen molar-refractivity contribution >= 4 is 28.8 Å². The Labute approximate surface area is 89.3 Å². The van der Waals surface area contributed by atoms with Crippen LogP contribution in [0, 0.1) is 5.92 Å². The van der Waals surface area contributed by atoms with E-state index in [-0.39, 0.29) is 0 Å². The van der Waals surface area contributed by atoms with Gasteiger partial charge in [-0.3, -0.25) is 18.6 Å². The SMILES string of the molecule is CC(=O)CC(=O)OC(=O)C(C)CS(=O)[O-]. The molecule has 0 amide bonds. The highest BCUT2D eigenvalue weighted by Crippen LogP contribution is 2.01. The summed E-state index contributed by atoms with van der Waals surface area (Å²) >= 11 is -2.37.